The minimum atomic E-state index is 0.703. The third kappa shape index (κ3) is 4.27. The highest BCUT2D eigenvalue weighted by Gasteiger charge is 2.14. The zero-order valence-corrected chi connectivity index (χ0v) is 22.6. The Kier molecular flexibility index (Phi) is 5.75. The van der Waals surface area contributed by atoms with E-state index in [1.807, 2.05) is 66.7 Å². The van der Waals surface area contributed by atoms with Crippen molar-refractivity contribution in [2.75, 3.05) is 0 Å². The van der Waals surface area contributed by atoms with E-state index in [1.54, 1.807) is 0 Å². The SMILES string of the molecule is c1ccc(-c2ccc3ccc4ccc(-c5ccc6c(-c7ccccc7)nc(-c7ccccc7)nc6c5)nc4c3n2)cc1. The Labute approximate surface area is 243 Å². The molecule has 0 saturated heterocycles. The lowest BCUT2D eigenvalue weighted by Crippen LogP contribution is -1.96. The molecule has 0 radical (unpaired) electrons. The number of aromatic nitrogens is 4. The zero-order valence-electron chi connectivity index (χ0n) is 22.6. The molecular weight excluding hydrogens is 512 g/mol. The van der Waals surface area contributed by atoms with E-state index in [2.05, 4.69) is 78.9 Å². The summed E-state index contributed by atoms with van der Waals surface area (Å²) in [6.07, 6.45) is 0. The summed E-state index contributed by atoms with van der Waals surface area (Å²) >= 11 is 0. The Morgan fingerprint density at radius 3 is 1.50 bits per heavy atom. The summed E-state index contributed by atoms with van der Waals surface area (Å²) in [6, 6.07) is 49.7. The fourth-order valence-corrected chi connectivity index (χ4v) is 5.52. The van der Waals surface area contributed by atoms with Crippen molar-refractivity contribution < 1.29 is 0 Å². The monoisotopic (exact) mass is 536 g/mol. The predicted octanol–water partition coefficient (Wildman–Crippen LogP) is 9.39. The molecule has 4 nitrogen and oxygen atoms in total. The number of pyridine rings is 2. The van der Waals surface area contributed by atoms with Crippen LogP contribution in [0.3, 0.4) is 0 Å². The van der Waals surface area contributed by atoms with Gasteiger partial charge < -0.3 is 0 Å². The van der Waals surface area contributed by atoms with Gasteiger partial charge in [-0.15, -0.1) is 0 Å². The van der Waals surface area contributed by atoms with Crippen LogP contribution in [-0.2, 0) is 0 Å². The van der Waals surface area contributed by atoms with Gasteiger partial charge in [-0.2, -0.15) is 0 Å². The van der Waals surface area contributed by atoms with Gasteiger partial charge in [0.05, 0.1) is 33.6 Å². The molecule has 0 N–H and O–H groups in total. The van der Waals surface area contributed by atoms with Crippen molar-refractivity contribution in [1.82, 2.24) is 19.9 Å². The summed E-state index contributed by atoms with van der Waals surface area (Å²) in [5.74, 6) is 0.703. The number of hydrogen-bond donors (Lipinski definition) is 0. The fourth-order valence-electron chi connectivity index (χ4n) is 5.52. The van der Waals surface area contributed by atoms with Crippen LogP contribution in [0.5, 0.6) is 0 Å². The Balaban J connectivity index is 1.31. The zero-order chi connectivity index (χ0) is 27.9. The summed E-state index contributed by atoms with van der Waals surface area (Å²) in [5, 5.41) is 3.13. The summed E-state index contributed by atoms with van der Waals surface area (Å²) in [4.78, 5) is 20.3. The van der Waals surface area contributed by atoms with Crippen LogP contribution in [-0.4, -0.2) is 19.9 Å². The molecule has 8 aromatic rings. The second kappa shape index (κ2) is 10.0. The molecule has 0 fully saturated rings. The highest BCUT2D eigenvalue weighted by molar-refractivity contribution is 6.04. The maximum atomic E-state index is 5.17. The van der Waals surface area contributed by atoms with Gasteiger partial charge in [-0.25, -0.2) is 19.9 Å². The Hall–Kier alpha value is -5.74. The highest BCUT2D eigenvalue weighted by Crippen LogP contribution is 2.33. The molecule has 0 atom stereocenters. The summed E-state index contributed by atoms with van der Waals surface area (Å²) in [6.45, 7) is 0. The van der Waals surface area contributed by atoms with Gasteiger partial charge in [-0.05, 0) is 24.3 Å². The van der Waals surface area contributed by atoms with Crippen molar-refractivity contribution in [3.05, 3.63) is 146 Å². The molecule has 0 saturated carbocycles. The van der Waals surface area contributed by atoms with Crippen LogP contribution in [0, 0.1) is 0 Å². The van der Waals surface area contributed by atoms with Crippen LogP contribution in [0.4, 0.5) is 0 Å². The number of nitrogens with zero attached hydrogens (tertiary/aromatic N) is 4. The molecule has 0 bridgehead atoms. The van der Waals surface area contributed by atoms with Crippen molar-refractivity contribution in [2.24, 2.45) is 0 Å². The molecule has 0 aliphatic carbocycles. The number of benzene rings is 5. The van der Waals surface area contributed by atoms with Gasteiger partial charge in [-0.1, -0.05) is 121 Å². The van der Waals surface area contributed by atoms with Gasteiger partial charge in [0.25, 0.3) is 0 Å². The van der Waals surface area contributed by atoms with Crippen LogP contribution in [0.2, 0.25) is 0 Å². The van der Waals surface area contributed by atoms with Crippen LogP contribution in [0.1, 0.15) is 0 Å². The van der Waals surface area contributed by atoms with Gasteiger partial charge in [0.2, 0.25) is 0 Å². The van der Waals surface area contributed by atoms with Gasteiger partial charge in [0.1, 0.15) is 0 Å². The average molecular weight is 537 g/mol. The van der Waals surface area contributed by atoms with E-state index in [-0.39, 0.29) is 0 Å². The second-order valence-corrected chi connectivity index (χ2v) is 10.3. The molecular formula is C38H24N4. The van der Waals surface area contributed by atoms with Crippen molar-refractivity contribution in [2.45, 2.75) is 0 Å². The van der Waals surface area contributed by atoms with Gasteiger partial charge in [-0.3, -0.25) is 0 Å². The fraction of sp³-hybridized carbons (Fsp3) is 0. The molecule has 0 unspecified atom stereocenters. The smallest absolute Gasteiger partial charge is 0.160 e. The minimum absolute atomic E-state index is 0.703. The molecule has 5 aromatic carbocycles. The van der Waals surface area contributed by atoms with E-state index in [4.69, 9.17) is 19.9 Å². The van der Waals surface area contributed by atoms with Crippen LogP contribution in [0.25, 0.3) is 77.9 Å². The maximum Gasteiger partial charge on any atom is 0.160 e. The average Bonchev–Trinajstić information content (AvgIpc) is 3.08. The molecule has 0 spiro atoms. The van der Waals surface area contributed by atoms with Crippen molar-refractivity contribution in [3.8, 4) is 45.2 Å². The second-order valence-electron chi connectivity index (χ2n) is 10.3. The molecule has 3 aromatic heterocycles. The largest absolute Gasteiger partial charge is 0.245 e. The Bertz CT molecular complexity index is 2230. The summed E-state index contributed by atoms with van der Waals surface area (Å²) in [7, 11) is 0. The molecule has 0 amide bonds. The van der Waals surface area contributed by atoms with E-state index < -0.39 is 0 Å². The topological polar surface area (TPSA) is 51.6 Å². The van der Waals surface area contributed by atoms with E-state index in [1.165, 1.54) is 0 Å². The van der Waals surface area contributed by atoms with E-state index in [9.17, 15) is 0 Å². The first kappa shape index (κ1) is 24.1. The first-order chi connectivity index (χ1) is 20.8. The molecule has 0 aliphatic rings. The van der Waals surface area contributed by atoms with E-state index >= 15 is 0 Å². The van der Waals surface area contributed by atoms with Crippen LogP contribution < -0.4 is 0 Å². The third-order valence-corrected chi connectivity index (χ3v) is 7.66. The standard InChI is InChI=1S/C38H24N4/c1-4-10-25(11-5-1)32-22-19-27-16-17-28-20-23-33(40-37(28)36(27)39-32)30-18-21-31-34(24-30)41-38(29-14-8-3-9-15-29)42-35(31)26-12-6-2-7-13-26/h1-24H. The van der Waals surface area contributed by atoms with Gasteiger partial charge in [0, 0.05) is 38.4 Å². The maximum absolute atomic E-state index is 5.17. The number of hydrogen-bond acceptors (Lipinski definition) is 4. The molecule has 42 heavy (non-hydrogen) atoms. The Morgan fingerprint density at radius 1 is 0.357 bits per heavy atom. The van der Waals surface area contributed by atoms with E-state index in [0.29, 0.717) is 5.82 Å². The van der Waals surface area contributed by atoms with Crippen molar-refractivity contribution in [3.63, 3.8) is 0 Å². The molecule has 196 valence electrons. The lowest BCUT2D eigenvalue weighted by molar-refractivity contribution is 1.23. The van der Waals surface area contributed by atoms with Crippen LogP contribution in [0.15, 0.2) is 146 Å². The van der Waals surface area contributed by atoms with Gasteiger partial charge in [0.15, 0.2) is 5.82 Å². The third-order valence-electron chi connectivity index (χ3n) is 7.66. The van der Waals surface area contributed by atoms with Gasteiger partial charge >= 0.3 is 0 Å². The van der Waals surface area contributed by atoms with E-state index in [0.717, 1.165) is 72.0 Å². The Morgan fingerprint density at radius 2 is 0.881 bits per heavy atom. The minimum Gasteiger partial charge on any atom is -0.245 e. The first-order valence-electron chi connectivity index (χ1n) is 14.0. The molecule has 4 heteroatoms. The molecule has 3 heterocycles. The number of rotatable bonds is 4. The van der Waals surface area contributed by atoms with Crippen molar-refractivity contribution in [1.29, 1.82) is 0 Å². The summed E-state index contributed by atoms with van der Waals surface area (Å²) < 4.78 is 0. The molecule has 8 rings (SSSR count). The molecule has 0 aliphatic heterocycles. The quantitative estimate of drug-likeness (QED) is 0.210. The highest BCUT2D eigenvalue weighted by atomic mass is 14.9. The normalized spacial score (nSPS) is 11.3. The lowest BCUT2D eigenvalue weighted by Gasteiger charge is -2.11. The lowest BCUT2D eigenvalue weighted by atomic mass is 10.0. The van der Waals surface area contributed by atoms with Crippen molar-refractivity contribution >= 4 is 32.7 Å². The first-order valence-corrected chi connectivity index (χ1v) is 14.0. The predicted molar refractivity (Wildman–Crippen MR) is 172 cm³/mol. The number of fused-ring (bicyclic) bond motifs is 4. The van der Waals surface area contributed by atoms with Crippen LogP contribution >= 0.6 is 0 Å². The summed E-state index contributed by atoms with van der Waals surface area (Å²) in [5.41, 5.74) is 9.53.